The molecule has 0 amide bonds. The van der Waals surface area contributed by atoms with Crippen LogP contribution in [0.1, 0.15) is 5.56 Å². The van der Waals surface area contributed by atoms with Gasteiger partial charge in [0, 0.05) is 23.2 Å². The normalized spacial score (nSPS) is 14.8. The van der Waals surface area contributed by atoms with Gasteiger partial charge in [-0.05, 0) is 23.8 Å². The van der Waals surface area contributed by atoms with E-state index in [2.05, 4.69) is 41.3 Å². The summed E-state index contributed by atoms with van der Waals surface area (Å²) in [4.78, 5) is 3.65. The third-order valence-electron chi connectivity index (χ3n) is 4.15. The predicted molar refractivity (Wildman–Crippen MR) is 95.0 cm³/mol. The van der Waals surface area contributed by atoms with E-state index in [0.29, 0.717) is 5.56 Å². The molecule has 4 heteroatoms. The van der Waals surface area contributed by atoms with E-state index in [0.717, 1.165) is 31.9 Å². The smallest absolute Gasteiger partial charge is 0.0991 e. The summed E-state index contributed by atoms with van der Waals surface area (Å²) in [7, 11) is 0. The Morgan fingerprint density at radius 1 is 1.04 bits per heavy atom. The highest BCUT2D eigenvalue weighted by Crippen LogP contribution is 2.45. The first-order valence-corrected chi connectivity index (χ1v) is 8.53. The van der Waals surface area contributed by atoms with Crippen molar-refractivity contribution in [2.75, 3.05) is 31.2 Å². The van der Waals surface area contributed by atoms with E-state index in [-0.39, 0.29) is 0 Å². The minimum Gasteiger partial charge on any atom is -0.378 e. The molecule has 0 unspecified atom stereocenters. The molecule has 0 N–H and O–H groups in total. The summed E-state index contributed by atoms with van der Waals surface area (Å²) in [5.74, 6) is 0. The summed E-state index contributed by atoms with van der Waals surface area (Å²) in [5.41, 5.74) is 3.10. The molecule has 1 saturated heterocycles. The summed E-state index contributed by atoms with van der Waals surface area (Å²) >= 11 is 1.80. The van der Waals surface area contributed by atoms with Gasteiger partial charge in [0.15, 0.2) is 0 Å². The molecule has 1 fully saturated rings. The van der Waals surface area contributed by atoms with Gasteiger partial charge < -0.3 is 9.64 Å². The third kappa shape index (κ3) is 2.59. The maximum atomic E-state index is 9.19. The average molecular weight is 320 g/mol. The van der Waals surface area contributed by atoms with Crippen LogP contribution in [0, 0.1) is 11.3 Å². The minimum absolute atomic E-state index is 0.702. The summed E-state index contributed by atoms with van der Waals surface area (Å²) in [5, 5.41) is 10.5. The molecule has 3 aromatic rings. The number of ether oxygens (including phenoxy) is 1. The van der Waals surface area contributed by atoms with Gasteiger partial charge in [0.25, 0.3) is 0 Å². The molecule has 0 spiro atoms. The average Bonchev–Trinajstić information content (AvgIpc) is 3.02. The monoisotopic (exact) mass is 320 g/mol. The molecule has 3 nitrogen and oxygen atoms in total. The van der Waals surface area contributed by atoms with E-state index >= 15 is 0 Å². The van der Waals surface area contributed by atoms with Gasteiger partial charge >= 0.3 is 0 Å². The maximum absolute atomic E-state index is 9.19. The molecule has 0 saturated carbocycles. The van der Waals surface area contributed by atoms with Gasteiger partial charge in [-0.25, -0.2) is 0 Å². The number of hydrogen-bond donors (Lipinski definition) is 0. The van der Waals surface area contributed by atoms with Gasteiger partial charge in [0.2, 0.25) is 0 Å². The van der Waals surface area contributed by atoms with Crippen molar-refractivity contribution in [1.29, 1.82) is 5.26 Å². The van der Waals surface area contributed by atoms with Crippen molar-refractivity contribution in [1.82, 2.24) is 0 Å². The second-order valence-electron chi connectivity index (χ2n) is 5.57. The molecule has 0 radical (unpaired) electrons. The number of nitrogens with zero attached hydrogens (tertiary/aromatic N) is 2. The number of anilines is 1. The second-order valence-corrected chi connectivity index (χ2v) is 6.62. The number of benzene rings is 2. The van der Waals surface area contributed by atoms with Crippen LogP contribution in [-0.4, -0.2) is 26.3 Å². The fraction of sp³-hybridized carbons (Fsp3) is 0.211. The molecular weight excluding hydrogens is 304 g/mol. The molecule has 23 heavy (non-hydrogen) atoms. The highest BCUT2D eigenvalue weighted by atomic mass is 32.1. The topological polar surface area (TPSA) is 36.3 Å². The number of morpholine rings is 1. The Morgan fingerprint density at radius 3 is 2.70 bits per heavy atom. The lowest BCUT2D eigenvalue weighted by atomic mass is 10.1. The molecule has 0 aliphatic carbocycles. The van der Waals surface area contributed by atoms with Crippen molar-refractivity contribution < 1.29 is 4.74 Å². The standard InChI is InChI=1S/C19H16N2OS/c20-13-14-4-3-5-15(12-14)19-18(21-8-10-22-11-9-21)16-6-1-2-7-17(16)23-19/h1-7,12H,8-11H2. The summed E-state index contributed by atoms with van der Waals surface area (Å²) < 4.78 is 6.79. The highest BCUT2D eigenvalue weighted by molar-refractivity contribution is 7.23. The highest BCUT2D eigenvalue weighted by Gasteiger charge is 2.21. The molecule has 0 atom stereocenters. The minimum atomic E-state index is 0.702. The first kappa shape index (κ1) is 14.3. The van der Waals surface area contributed by atoms with E-state index < -0.39 is 0 Å². The fourth-order valence-corrected chi connectivity index (χ4v) is 4.28. The molecule has 2 heterocycles. The van der Waals surface area contributed by atoms with Gasteiger partial charge in [0.1, 0.15) is 0 Å². The van der Waals surface area contributed by atoms with Crippen LogP contribution in [0.5, 0.6) is 0 Å². The Labute approximate surface area is 139 Å². The number of nitriles is 1. The number of hydrogen-bond acceptors (Lipinski definition) is 4. The van der Waals surface area contributed by atoms with Gasteiger partial charge in [-0.3, -0.25) is 0 Å². The number of fused-ring (bicyclic) bond motifs is 1. The molecule has 0 bridgehead atoms. The van der Waals surface area contributed by atoms with Crippen LogP contribution in [0.4, 0.5) is 5.69 Å². The SMILES string of the molecule is N#Cc1cccc(-c2sc3ccccc3c2N2CCOCC2)c1. The Hall–Kier alpha value is -2.35. The van der Waals surface area contributed by atoms with Crippen molar-refractivity contribution in [3.05, 3.63) is 54.1 Å². The van der Waals surface area contributed by atoms with E-state index in [9.17, 15) is 5.26 Å². The zero-order valence-electron chi connectivity index (χ0n) is 12.7. The second kappa shape index (κ2) is 6.04. The van der Waals surface area contributed by atoms with Crippen molar-refractivity contribution in [2.24, 2.45) is 0 Å². The molecular formula is C19H16N2OS. The lowest BCUT2D eigenvalue weighted by Gasteiger charge is -2.29. The Kier molecular flexibility index (Phi) is 3.74. The van der Waals surface area contributed by atoms with Gasteiger partial charge in [-0.15, -0.1) is 11.3 Å². The van der Waals surface area contributed by atoms with Crippen LogP contribution < -0.4 is 4.90 Å². The Morgan fingerprint density at radius 2 is 1.87 bits per heavy atom. The number of rotatable bonds is 2. The van der Waals surface area contributed by atoms with Crippen molar-refractivity contribution in [3.63, 3.8) is 0 Å². The van der Waals surface area contributed by atoms with Gasteiger partial charge in [0.05, 0.1) is 35.4 Å². The molecule has 4 rings (SSSR count). The maximum Gasteiger partial charge on any atom is 0.0991 e. The van der Waals surface area contributed by atoms with Crippen LogP contribution in [0.15, 0.2) is 48.5 Å². The lowest BCUT2D eigenvalue weighted by molar-refractivity contribution is 0.123. The third-order valence-corrected chi connectivity index (χ3v) is 5.36. The van der Waals surface area contributed by atoms with Gasteiger partial charge in [-0.2, -0.15) is 5.26 Å². The van der Waals surface area contributed by atoms with Crippen molar-refractivity contribution >= 4 is 27.1 Å². The van der Waals surface area contributed by atoms with E-state index in [1.165, 1.54) is 20.7 Å². The summed E-state index contributed by atoms with van der Waals surface area (Å²) in [6.45, 7) is 3.35. The molecule has 2 aromatic carbocycles. The largest absolute Gasteiger partial charge is 0.378 e. The predicted octanol–water partition coefficient (Wildman–Crippen LogP) is 4.28. The quantitative estimate of drug-likeness (QED) is 0.707. The molecule has 1 aliphatic heterocycles. The van der Waals surface area contributed by atoms with E-state index in [1.807, 2.05) is 18.2 Å². The fourth-order valence-electron chi connectivity index (χ4n) is 3.06. The van der Waals surface area contributed by atoms with Gasteiger partial charge in [-0.1, -0.05) is 30.3 Å². The summed E-state index contributed by atoms with van der Waals surface area (Å²) in [6, 6.07) is 18.7. The number of thiophene rings is 1. The molecule has 114 valence electrons. The van der Waals surface area contributed by atoms with Crippen LogP contribution in [0.25, 0.3) is 20.5 Å². The molecule has 1 aliphatic rings. The van der Waals surface area contributed by atoms with Crippen LogP contribution in [-0.2, 0) is 4.74 Å². The van der Waals surface area contributed by atoms with E-state index in [1.54, 1.807) is 11.3 Å². The molecule has 1 aromatic heterocycles. The first-order valence-electron chi connectivity index (χ1n) is 7.71. The van der Waals surface area contributed by atoms with E-state index in [4.69, 9.17) is 4.74 Å². The van der Waals surface area contributed by atoms with Crippen molar-refractivity contribution in [2.45, 2.75) is 0 Å². The summed E-state index contributed by atoms with van der Waals surface area (Å²) in [6.07, 6.45) is 0. The zero-order chi connectivity index (χ0) is 15.6. The lowest BCUT2D eigenvalue weighted by Crippen LogP contribution is -2.36. The van der Waals surface area contributed by atoms with Crippen LogP contribution in [0.2, 0.25) is 0 Å². The Bertz CT molecular complexity index is 888. The zero-order valence-corrected chi connectivity index (χ0v) is 13.5. The van der Waals surface area contributed by atoms with Crippen LogP contribution in [0.3, 0.4) is 0 Å². The van der Waals surface area contributed by atoms with Crippen molar-refractivity contribution in [3.8, 4) is 16.5 Å². The van der Waals surface area contributed by atoms with Crippen LogP contribution >= 0.6 is 11.3 Å². The first-order chi connectivity index (χ1) is 11.4. The Balaban J connectivity index is 1.92.